The van der Waals surface area contributed by atoms with Crippen molar-refractivity contribution >= 4 is 10.0 Å². The van der Waals surface area contributed by atoms with Crippen LogP contribution in [0.1, 0.15) is 18.9 Å². The number of hydrogen-bond donors (Lipinski definition) is 3. The minimum Gasteiger partial charge on any atom is -0.326 e. The molecule has 0 radical (unpaired) electrons. The Morgan fingerprint density at radius 3 is 2.94 bits per heavy atom. The van der Waals surface area contributed by atoms with Crippen LogP contribution in [-0.4, -0.2) is 25.2 Å². The Morgan fingerprint density at radius 1 is 1.69 bits per heavy atom. The van der Waals surface area contributed by atoms with Gasteiger partial charge in [-0.3, -0.25) is 5.10 Å². The van der Waals surface area contributed by atoms with Gasteiger partial charge in [-0.15, -0.1) is 0 Å². The molecule has 0 amide bonds. The highest BCUT2D eigenvalue weighted by atomic mass is 32.2. The zero-order chi connectivity index (χ0) is 11.8. The fourth-order valence-electron chi connectivity index (χ4n) is 1.65. The number of sulfonamides is 1. The monoisotopic (exact) mass is 244 g/mol. The quantitative estimate of drug-likeness (QED) is 0.667. The van der Waals surface area contributed by atoms with Gasteiger partial charge in [0.2, 0.25) is 0 Å². The molecule has 2 unspecified atom stereocenters. The summed E-state index contributed by atoms with van der Waals surface area (Å²) in [7, 11) is -3.49. The molecule has 4 N–H and O–H groups in total. The zero-order valence-corrected chi connectivity index (χ0v) is 9.92. The van der Waals surface area contributed by atoms with Crippen LogP contribution in [0.25, 0.3) is 0 Å². The van der Waals surface area contributed by atoms with Crippen molar-refractivity contribution in [3.8, 4) is 0 Å². The normalized spacial score (nSPS) is 24.6. The Morgan fingerprint density at radius 2 is 2.38 bits per heavy atom. The summed E-state index contributed by atoms with van der Waals surface area (Å²) < 4.78 is 26.3. The first-order valence-electron chi connectivity index (χ1n) is 5.26. The molecule has 0 aliphatic heterocycles. The second-order valence-corrected chi connectivity index (χ2v) is 5.96. The Kier molecular flexibility index (Phi) is 3.00. The third kappa shape index (κ3) is 2.26. The van der Waals surface area contributed by atoms with Crippen LogP contribution in [0.5, 0.6) is 0 Å². The van der Waals surface area contributed by atoms with Crippen molar-refractivity contribution in [3.05, 3.63) is 11.8 Å². The number of hydrogen-bond acceptors (Lipinski definition) is 4. The average molecular weight is 244 g/mol. The Bertz CT molecular complexity index is 468. The van der Waals surface area contributed by atoms with Crippen molar-refractivity contribution in [2.24, 2.45) is 17.6 Å². The van der Waals surface area contributed by atoms with Gasteiger partial charge < -0.3 is 5.73 Å². The molecule has 1 aromatic heterocycles. The molecule has 0 bridgehead atoms. The van der Waals surface area contributed by atoms with Gasteiger partial charge in [0.1, 0.15) is 0 Å². The van der Waals surface area contributed by atoms with Gasteiger partial charge in [-0.1, -0.05) is 6.92 Å². The highest BCUT2D eigenvalue weighted by Crippen LogP contribution is 2.37. The second-order valence-electron chi connectivity index (χ2n) is 4.25. The fraction of sp³-hybridized carbons (Fsp3) is 0.667. The summed E-state index contributed by atoms with van der Waals surface area (Å²) in [5, 5.41) is 6.25. The van der Waals surface area contributed by atoms with E-state index in [1.54, 1.807) is 0 Å². The molecule has 16 heavy (non-hydrogen) atoms. The van der Waals surface area contributed by atoms with Crippen molar-refractivity contribution in [1.82, 2.24) is 14.9 Å². The topological polar surface area (TPSA) is 101 Å². The van der Waals surface area contributed by atoms with Gasteiger partial charge in [0.05, 0.1) is 6.20 Å². The molecule has 1 fully saturated rings. The molecule has 1 heterocycles. The van der Waals surface area contributed by atoms with Crippen molar-refractivity contribution < 1.29 is 8.42 Å². The number of nitrogens with one attached hydrogen (secondary N) is 2. The molecule has 1 aliphatic rings. The molecule has 0 saturated heterocycles. The van der Waals surface area contributed by atoms with E-state index in [-0.39, 0.29) is 11.6 Å². The first kappa shape index (κ1) is 11.6. The largest absolute Gasteiger partial charge is 0.326 e. The van der Waals surface area contributed by atoms with Crippen molar-refractivity contribution in [2.45, 2.75) is 24.9 Å². The highest BCUT2D eigenvalue weighted by molar-refractivity contribution is 7.89. The highest BCUT2D eigenvalue weighted by Gasteiger charge is 2.33. The number of aromatic nitrogens is 2. The van der Waals surface area contributed by atoms with E-state index in [4.69, 9.17) is 5.73 Å². The third-order valence-corrected chi connectivity index (χ3v) is 4.42. The molecule has 2 atom stereocenters. The molecule has 1 aromatic rings. The van der Waals surface area contributed by atoms with Crippen LogP contribution in [0, 0.1) is 11.8 Å². The molecule has 6 nitrogen and oxygen atoms in total. The molecule has 7 heteroatoms. The predicted octanol–water partition coefficient (Wildman–Crippen LogP) is -0.197. The smallest absolute Gasteiger partial charge is 0.257 e. The van der Waals surface area contributed by atoms with Crippen LogP contribution in [0.2, 0.25) is 0 Å². The lowest BCUT2D eigenvalue weighted by molar-refractivity contribution is 0.569. The summed E-state index contributed by atoms with van der Waals surface area (Å²) >= 11 is 0. The second kappa shape index (κ2) is 4.15. The van der Waals surface area contributed by atoms with Crippen molar-refractivity contribution in [3.63, 3.8) is 0 Å². The number of nitrogens with zero attached hydrogens (tertiary/aromatic N) is 1. The number of H-pyrrole nitrogens is 1. The summed E-state index contributed by atoms with van der Waals surface area (Å²) in [5.74, 6) is 1.09. The van der Waals surface area contributed by atoms with E-state index in [1.807, 2.05) is 0 Å². The van der Waals surface area contributed by atoms with Gasteiger partial charge in [-0.2, -0.15) is 5.10 Å². The first-order valence-corrected chi connectivity index (χ1v) is 6.75. The van der Waals surface area contributed by atoms with Gasteiger partial charge in [0.25, 0.3) is 10.0 Å². The van der Waals surface area contributed by atoms with Crippen LogP contribution in [0.3, 0.4) is 0 Å². The van der Waals surface area contributed by atoms with Crippen molar-refractivity contribution in [2.75, 3.05) is 6.54 Å². The maximum absolute atomic E-state index is 11.9. The van der Waals surface area contributed by atoms with Crippen LogP contribution < -0.4 is 10.5 Å². The number of nitrogens with two attached hydrogens (primary N) is 1. The van der Waals surface area contributed by atoms with E-state index in [0.717, 1.165) is 6.42 Å². The maximum atomic E-state index is 11.9. The summed E-state index contributed by atoms with van der Waals surface area (Å²) in [6.07, 6.45) is 2.53. The molecular weight excluding hydrogens is 228 g/mol. The van der Waals surface area contributed by atoms with Gasteiger partial charge in [-0.05, 0) is 18.3 Å². The van der Waals surface area contributed by atoms with Gasteiger partial charge >= 0.3 is 0 Å². The Hall–Kier alpha value is -0.920. The standard InChI is InChI=1S/C9H16N4O2S/c1-6-2-7(6)5-12-16(14,15)9-8(3-10)4-11-13-9/h4,6-7,12H,2-3,5,10H2,1H3,(H,11,13). The summed E-state index contributed by atoms with van der Waals surface area (Å²) in [6.45, 7) is 2.76. The van der Waals surface area contributed by atoms with Gasteiger partial charge in [-0.25, -0.2) is 13.1 Å². The Labute approximate surface area is 94.7 Å². The number of rotatable bonds is 5. The first-order chi connectivity index (χ1) is 7.54. The lowest BCUT2D eigenvalue weighted by Crippen LogP contribution is -2.27. The summed E-state index contributed by atoms with van der Waals surface area (Å²) in [4.78, 5) is 0. The molecule has 0 aromatic carbocycles. The van der Waals surface area contributed by atoms with Gasteiger partial charge in [0.15, 0.2) is 5.03 Å². The minimum atomic E-state index is -3.49. The van der Waals surface area contributed by atoms with Crippen molar-refractivity contribution in [1.29, 1.82) is 0 Å². The lowest BCUT2D eigenvalue weighted by atomic mass is 10.3. The minimum absolute atomic E-state index is 0.0864. The van der Waals surface area contributed by atoms with Crippen LogP contribution in [0.15, 0.2) is 11.2 Å². The fourth-order valence-corrected chi connectivity index (χ4v) is 2.88. The third-order valence-electron chi connectivity index (χ3n) is 2.98. The number of aromatic amines is 1. The molecule has 2 rings (SSSR count). The predicted molar refractivity (Wildman–Crippen MR) is 58.9 cm³/mol. The molecule has 1 saturated carbocycles. The van der Waals surface area contributed by atoms with E-state index in [0.29, 0.717) is 23.9 Å². The van der Waals surface area contributed by atoms with E-state index >= 15 is 0 Å². The molecule has 1 aliphatic carbocycles. The molecule has 0 spiro atoms. The SMILES string of the molecule is CC1CC1CNS(=O)(=O)c1[nH]ncc1CN. The molecular formula is C9H16N4O2S. The van der Waals surface area contributed by atoms with E-state index < -0.39 is 10.0 Å². The van der Waals surface area contributed by atoms with E-state index in [1.165, 1.54) is 6.20 Å². The maximum Gasteiger partial charge on any atom is 0.257 e. The van der Waals surface area contributed by atoms with E-state index in [2.05, 4.69) is 21.8 Å². The van der Waals surface area contributed by atoms with E-state index in [9.17, 15) is 8.42 Å². The van der Waals surface area contributed by atoms with Crippen LogP contribution in [-0.2, 0) is 16.6 Å². The van der Waals surface area contributed by atoms with Crippen LogP contribution in [0.4, 0.5) is 0 Å². The lowest BCUT2D eigenvalue weighted by Gasteiger charge is -2.05. The Balaban J connectivity index is 2.06. The van der Waals surface area contributed by atoms with Crippen LogP contribution >= 0.6 is 0 Å². The van der Waals surface area contributed by atoms with Gasteiger partial charge in [0, 0.05) is 18.7 Å². The zero-order valence-electron chi connectivity index (χ0n) is 9.10. The summed E-state index contributed by atoms with van der Waals surface area (Å²) in [5.41, 5.74) is 5.94. The molecule has 90 valence electrons. The summed E-state index contributed by atoms with van der Waals surface area (Å²) in [6, 6.07) is 0. The average Bonchev–Trinajstić information content (AvgIpc) is 2.78.